The van der Waals surface area contributed by atoms with Crippen molar-refractivity contribution in [3.05, 3.63) is 0 Å². The lowest BCUT2D eigenvalue weighted by Gasteiger charge is -2.01. The van der Waals surface area contributed by atoms with E-state index in [0.717, 1.165) is 0 Å². The van der Waals surface area contributed by atoms with E-state index >= 15 is 0 Å². The number of hydrogen-bond acceptors (Lipinski definition) is 4. The van der Waals surface area contributed by atoms with Crippen molar-refractivity contribution in [2.75, 3.05) is 6.61 Å². The van der Waals surface area contributed by atoms with E-state index in [2.05, 4.69) is 9.85 Å². The van der Waals surface area contributed by atoms with Crippen LogP contribution in [0.25, 0.3) is 0 Å². The molecule has 1 N–H and O–H groups in total. The van der Waals surface area contributed by atoms with Gasteiger partial charge in [0.2, 0.25) is 0 Å². The Morgan fingerprint density at radius 1 is 1.89 bits per heavy atom. The van der Waals surface area contributed by atoms with E-state index in [1.165, 1.54) is 6.92 Å². The van der Waals surface area contributed by atoms with Gasteiger partial charge in [0.05, 0.1) is 6.61 Å². The van der Waals surface area contributed by atoms with Gasteiger partial charge in [-0.05, 0) is 13.8 Å². The van der Waals surface area contributed by atoms with Gasteiger partial charge in [0, 0.05) is 0 Å². The molecule has 0 rings (SSSR count). The smallest absolute Gasteiger partial charge is 0.332 e. The Labute approximate surface area is 53.7 Å². The number of nitrogens with one attached hydrogen (secondary N) is 1. The van der Waals surface area contributed by atoms with Gasteiger partial charge in [-0.3, -0.25) is 0 Å². The standard InChI is InChI=1S/C5H10N2O2/c1-3-9-5(8)4(2)7-6/h4,6H,3H2,1-2H3. The molecule has 1 atom stereocenters. The van der Waals surface area contributed by atoms with Gasteiger partial charge in [-0.15, -0.1) is 0 Å². The van der Waals surface area contributed by atoms with Crippen LogP contribution in [-0.4, -0.2) is 18.6 Å². The average molecular weight is 130 g/mol. The molecule has 0 heterocycles. The summed E-state index contributed by atoms with van der Waals surface area (Å²) in [6, 6.07) is -0.648. The molecule has 0 aromatic heterocycles. The lowest BCUT2D eigenvalue weighted by Crippen LogP contribution is -2.16. The van der Waals surface area contributed by atoms with E-state index in [1.807, 2.05) is 0 Å². The first-order valence-electron chi connectivity index (χ1n) is 2.75. The van der Waals surface area contributed by atoms with Crippen LogP contribution in [0.15, 0.2) is 5.11 Å². The number of carbonyl (C=O) groups is 1. The van der Waals surface area contributed by atoms with Crippen LogP contribution in [0.3, 0.4) is 0 Å². The second kappa shape index (κ2) is 4.00. The minimum atomic E-state index is -0.648. The van der Waals surface area contributed by atoms with Crippen molar-refractivity contribution in [3.63, 3.8) is 0 Å². The summed E-state index contributed by atoms with van der Waals surface area (Å²) in [5.41, 5.74) is 6.44. The summed E-state index contributed by atoms with van der Waals surface area (Å²) in [6.45, 7) is 3.58. The molecule has 0 aliphatic carbocycles. The normalized spacial score (nSPS) is 12.2. The maximum Gasteiger partial charge on any atom is 0.332 e. The van der Waals surface area contributed by atoms with E-state index in [0.29, 0.717) is 6.61 Å². The fraction of sp³-hybridized carbons (Fsp3) is 0.800. The first-order chi connectivity index (χ1) is 4.22. The molecule has 0 saturated carbocycles. The average Bonchev–Trinajstić information content (AvgIpc) is 1.87. The summed E-state index contributed by atoms with van der Waals surface area (Å²) in [6.07, 6.45) is 0. The van der Waals surface area contributed by atoms with Gasteiger partial charge < -0.3 is 4.74 Å². The molecule has 0 aromatic carbocycles. The van der Waals surface area contributed by atoms with E-state index in [4.69, 9.17) is 5.53 Å². The molecule has 0 aliphatic heterocycles. The van der Waals surface area contributed by atoms with Crippen LogP contribution in [0.2, 0.25) is 0 Å². The summed E-state index contributed by atoms with van der Waals surface area (Å²) in [4.78, 5) is 10.5. The van der Waals surface area contributed by atoms with Gasteiger partial charge in [-0.2, -0.15) is 5.11 Å². The first-order valence-corrected chi connectivity index (χ1v) is 2.75. The minimum absolute atomic E-state index is 0.346. The molecule has 0 fully saturated rings. The van der Waals surface area contributed by atoms with Gasteiger partial charge in [0.1, 0.15) is 0 Å². The Balaban J connectivity index is 3.58. The van der Waals surface area contributed by atoms with Gasteiger partial charge in [-0.25, -0.2) is 10.3 Å². The van der Waals surface area contributed by atoms with Crippen molar-refractivity contribution < 1.29 is 9.53 Å². The van der Waals surface area contributed by atoms with Gasteiger partial charge in [0.25, 0.3) is 0 Å². The van der Waals surface area contributed by atoms with Crippen molar-refractivity contribution in [3.8, 4) is 0 Å². The first kappa shape index (κ1) is 8.07. The SMILES string of the molecule is CCOC(=O)C(C)N=N. The molecule has 0 aliphatic rings. The van der Waals surface area contributed by atoms with Crippen molar-refractivity contribution in [1.29, 1.82) is 5.53 Å². The molecule has 0 radical (unpaired) electrons. The molecule has 1 unspecified atom stereocenters. The predicted molar refractivity (Wildman–Crippen MR) is 31.2 cm³/mol. The van der Waals surface area contributed by atoms with Crippen molar-refractivity contribution in [1.82, 2.24) is 0 Å². The van der Waals surface area contributed by atoms with E-state index in [1.54, 1.807) is 6.92 Å². The Kier molecular flexibility index (Phi) is 3.59. The Hall–Kier alpha value is -0.930. The minimum Gasteiger partial charge on any atom is -0.464 e. The maximum atomic E-state index is 10.5. The zero-order chi connectivity index (χ0) is 7.28. The molecule has 4 heteroatoms. The fourth-order valence-corrected chi connectivity index (χ4v) is 0.316. The molecule has 9 heavy (non-hydrogen) atoms. The number of carbonyl (C=O) groups excluding carboxylic acids is 1. The van der Waals surface area contributed by atoms with E-state index in [-0.39, 0.29) is 0 Å². The molecule has 0 amide bonds. The highest BCUT2D eigenvalue weighted by molar-refractivity contribution is 5.75. The van der Waals surface area contributed by atoms with Gasteiger partial charge in [-0.1, -0.05) is 0 Å². The molecule has 0 aromatic rings. The zero-order valence-corrected chi connectivity index (χ0v) is 5.55. The number of ether oxygens (including phenoxy) is 1. The van der Waals surface area contributed by atoms with Crippen molar-refractivity contribution in [2.45, 2.75) is 19.9 Å². The highest BCUT2D eigenvalue weighted by atomic mass is 16.5. The molecule has 0 spiro atoms. The van der Waals surface area contributed by atoms with Gasteiger partial charge >= 0.3 is 5.97 Å². The second-order valence-corrected chi connectivity index (χ2v) is 1.56. The molecule has 0 saturated heterocycles. The maximum absolute atomic E-state index is 10.5. The monoisotopic (exact) mass is 130 g/mol. The summed E-state index contributed by atoms with van der Waals surface area (Å²) in [5, 5.41) is 2.98. The molecule has 4 nitrogen and oxygen atoms in total. The van der Waals surface area contributed by atoms with Crippen LogP contribution in [0, 0.1) is 5.53 Å². The third-order valence-electron chi connectivity index (χ3n) is 0.821. The van der Waals surface area contributed by atoms with E-state index < -0.39 is 12.0 Å². The van der Waals surface area contributed by atoms with Gasteiger partial charge in [0.15, 0.2) is 6.04 Å². The summed E-state index contributed by atoms with van der Waals surface area (Å²) in [5.74, 6) is -0.437. The Morgan fingerprint density at radius 2 is 2.44 bits per heavy atom. The summed E-state index contributed by atoms with van der Waals surface area (Å²) >= 11 is 0. The number of nitrogens with zero attached hydrogens (tertiary/aromatic N) is 1. The Bertz CT molecular complexity index is 114. The quantitative estimate of drug-likeness (QED) is 0.457. The van der Waals surface area contributed by atoms with Crippen LogP contribution in [-0.2, 0) is 9.53 Å². The van der Waals surface area contributed by atoms with E-state index in [9.17, 15) is 4.79 Å². The highest BCUT2D eigenvalue weighted by Crippen LogP contribution is 1.91. The molecule has 52 valence electrons. The lowest BCUT2D eigenvalue weighted by molar-refractivity contribution is -0.144. The van der Waals surface area contributed by atoms with Crippen LogP contribution in [0.1, 0.15) is 13.8 Å². The largest absolute Gasteiger partial charge is 0.464 e. The predicted octanol–water partition coefficient (Wildman–Crippen LogP) is 0.969. The van der Waals surface area contributed by atoms with Crippen LogP contribution >= 0.6 is 0 Å². The third kappa shape index (κ3) is 2.79. The van der Waals surface area contributed by atoms with Crippen molar-refractivity contribution >= 4 is 5.97 Å². The third-order valence-corrected chi connectivity index (χ3v) is 0.821. The second-order valence-electron chi connectivity index (χ2n) is 1.56. The summed E-state index contributed by atoms with van der Waals surface area (Å²) < 4.78 is 4.54. The molecular weight excluding hydrogens is 120 g/mol. The zero-order valence-electron chi connectivity index (χ0n) is 5.55. The van der Waals surface area contributed by atoms with Crippen LogP contribution in [0.4, 0.5) is 0 Å². The highest BCUT2D eigenvalue weighted by Gasteiger charge is 2.10. The van der Waals surface area contributed by atoms with Crippen LogP contribution in [0.5, 0.6) is 0 Å². The summed E-state index contributed by atoms with van der Waals surface area (Å²) in [7, 11) is 0. The lowest BCUT2D eigenvalue weighted by atomic mass is 10.4. The van der Waals surface area contributed by atoms with Crippen LogP contribution < -0.4 is 0 Å². The number of rotatable bonds is 3. The van der Waals surface area contributed by atoms with Crippen molar-refractivity contribution in [2.24, 2.45) is 5.11 Å². The number of esters is 1. The number of hydrogen-bond donors (Lipinski definition) is 1. The molecule has 0 bridgehead atoms. The topological polar surface area (TPSA) is 62.5 Å². The fourth-order valence-electron chi connectivity index (χ4n) is 0.316. The molecular formula is C5H10N2O2. The Morgan fingerprint density at radius 3 is 2.78 bits per heavy atom.